The molecule has 2 unspecified atom stereocenters. The molecule has 4 nitrogen and oxygen atoms in total. The molecule has 1 aliphatic rings. The Balaban J connectivity index is 2.70. The van der Waals surface area contributed by atoms with E-state index >= 15 is 0 Å². The van der Waals surface area contributed by atoms with Crippen LogP contribution in [0.1, 0.15) is 34.6 Å². The summed E-state index contributed by atoms with van der Waals surface area (Å²) in [7, 11) is 1.87. The van der Waals surface area contributed by atoms with Gasteiger partial charge in [-0.1, -0.05) is 0 Å². The number of carbonyl (C=O) groups is 1. The lowest BCUT2D eigenvalue weighted by Crippen LogP contribution is -2.61. The average Bonchev–Trinajstić information content (AvgIpc) is 2.29. The number of urea groups is 1. The molecule has 4 heteroatoms. The summed E-state index contributed by atoms with van der Waals surface area (Å²) in [6.07, 6.45) is 0. The first kappa shape index (κ1) is 14.3. The van der Waals surface area contributed by atoms with Gasteiger partial charge in [-0.05, 0) is 34.6 Å². The van der Waals surface area contributed by atoms with Gasteiger partial charge in [0, 0.05) is 44.8 Å². The Labute approximate surface area is 106 Å². The van der Waals surface area contributed by atoms with Gasteiger partial charge in [-0.15, -0.1) is 0 Å². The molecule has 1 rings (SSSR count). The minimum absolute atomic E-state index is 0.162. The van der Waals surface area contributed by atoms with Gasteiger partial charge < -0.3 is 9.80 Å². The topological polar surface area (TPSA) is 26.8 Å². The molecule has 0 saturated carbocycles. The summed E-state index contributed by atoms with van der Waals surface area (Å²) in [5, 5.41) is 0. The molecule has 1 saturated heterocycles. The van der Waals surface area contributed by atoms with Gasteiger partial charge in [0.2, 0.25) is 0 Å². The van der Waals surface area contributed by atoms with Crippen molar-refractivity contribution < 1.29 is 4.79 Å². The smallest absolute Gasteiger partial charge is 0.320 e. The van der Waals surface area contributed by atoms with E-state index in [0.717, 1.165) is 19.6 Å². The maximum atomic E-state index is 12.2. The number of rotatable bonds is 2. The molecule has 0 bridgehead atoms. The summed E-state index contributed by atoms with van der Waals surface area (Å²) >= 11 is 0. The van der Waals surface area contributed by atoms with Gasteiger partial charge in [0.15, 0.2) is 0 Å². The van der Waals surface area contributed by atoms with E-state index < -0.39 is 0 Å². The largest absolute Gasteiger partial charge is 0.328 e. The van der Waals surface area contributed by atoms with Crippen LogP contribution >= 0.6 is 0 Å². The van der Waals surface area contributed by atoms with E-state index in [1.165, 1.54) is 0 Å². The van der Waals surface area contributed by atoms with Crippen molar-refractivity contribution in [3.8, 4) is 0 Å². The number of amides is 2. The molecule has 0 spiro atoms. The molecule has 0 N–H and O–H groups in total. The number of piperazine rings is 1. The Hall–Kier alpha value is -0.770. The Morgan fingerprint density at radius 2 is 1.88 bits per heavy atom. The third-order valence-corrected chi connectivity index (χ3v) is 3.74. The highest BCUT2D eigenvalue weighted by Gasteiger charge is 2.33. The minimum Gasteiger partial charge on any atom is -0.328 e. The molecule has 0 radical (unpaired) electrons. The van der Waals surface area contributed by atoms with E-state index in [0.29, 0.717) is 18.1 Å². The standard InChI is InChI=1S/C13H27N3O/c1-7-14(6)13(17)16-9-11(4)15(10(2)3)8-12(16)5/h10-12H,7-9H2,1-6H3. The maximum absolute atomic E-state index is 12.2. The molecular formula is C13H27N3O. The highest BCUT2D eigenvalue weighted by atomic mass is 16.2. The van der Waals surface area contributed by atoms with Gasteiger partial charge in [-0.2, -0.15) is 0 Å². The van der Waals surface area contributed by atoms with Crippen LogP contribution in [0.2, 0.25) is 0 Å². The fourth-order valence-electron chi connectivity index (χ4n) is 2.49. The quantitative estimate of drug-likeness (QED) is 0.738. The van der Waals surface area contributed by atoms with Crippen LogP contribution in [0.25, 0.3) is 0 Å². The lowest BCUT2D eigenvalue weighted by molar-refractivity contribution is 0.0348. The van der Waals surface area contributed by atoms with Gasteiger partial charge >= 0.3 is 6.03 Å². The van der Waals surface area contributed by atoms with Crippen LogP contribution in [-0.2, 0) is 0 Å². The summed E-state index contributed by atoms with van der Waals surface area (Å²) < 4.78 is 0. The van der Waals surface area contributed by atoms with Gasteiger partial charge in [0.1, 0.15) is 0 Å². The van der Waals surface area contributed by atoms with Crippen LogP contribution in [0.3, 0.4) is 0 Å². The molecule has 0 aromatic rings. The second kappa shape index (κ2) is 5.71. The Bertz CT molecular complexity index is 267. The SMILES string of the molecule is CCN(C)C(=O)N1CC(C)N(C(C)C)CC1C. The summed E-state index contributed by atoms with van der Waals surface area (Å²) in [6, 6.07) is 1.46. The third kappa shape index (κ3) is 3.12. The van der Waals surface area contributed by atoms with E-state index in [4.69, 9.17) is 0 Å². The van der Waals surface area contributed by atoms with E-state index in [-0.39, 0.29) is 6.03 Å². The first-order valence-electron chi connectivity index (χ1n) is 6.65. The summed E-state index contributed by atoms with van der Waals surface area (Å²) in [5.74, 6) is 0. The number of hydrogen-bond acceptors (Lipinski definition) is 2. The highest BCUT2D eigenvalue weighted by Crippen LogP contribution is 2.18. The molecular weight excluding hydrogens is 214 g/mol. The van der Waals surface area contributed by atoms with Crippen molar-refractivity contribution in [3.63, 3.8) is 0 Å². The third-order valence-electron chi connectivity index (χ3n) is 3.74. The van der Waals surface area contributed by atoms with Crippen molar-refractivity contribution in [2.24, 2.45) is 0 Å². The fraction of sp³-hybridized carbons (Fsp3) is 0.923. The molecule has 17 heavy (non-hydrogen) atoms. The van der Waals surface area contributed by atoms with Crippen LogP contribution in [0.4, 0.5) is 4.79 Å². The van der Waals surface area contributed by atoms with Gasteiger partial charge in [-0.25, -0.2) is 4.79 Å². The maximum Gasteiger partial charge on any atom is 0.320 e. The predicted molar refractivity (Wildman–Crippen MR) is 71.2 cm³/mol. The molecule has 2 amide bonds. The van der Waals surface area contributed by atoms with E-state index in [9.17, 15) is 4.79 Å². The average molecular weight is 241 g/mol. The highest BCUT2D eigenvalue weighted by molar-refractivity contribution is 5.74. The van der Waals surface area contributed by atoms with E-state index in [2.05, 4.69) is 32.6 Å². The molecule has 1 aliphatic heterocycles. The van der Waals surface area contributed by atoms with Crippen molar-refractivity contribution in [1.82, 2.24) is 14.7 Å². The molecule has 100 valence electrons. The van der Waals surface area contributed by atoms with Crippen LogP contribution in [-0.4, -0.2) is 65.5 Å². The second-order valence-corrected chi connectivity index (χ2v) is 5.44. The van der Waals surface area contributed by atoms with Crippen molar-refractivity contribution >= 4 is 6.03 Å². The zero-order valence-corrected chi connectivity index (χ0v) is 12.1. The normalized spacial score (nSPS) is 26.4. The van der Waals surface area contributed by atoms with Crippen LogP contribution in [0, 0.1) is 0 Å². The lowest BCUT2D eigenvalue weighted by Gasteiger charge is -2.46. The van der Waals surface area contributed by atoms with Gasteiger partial charge in [0.05, 0.1) is 0 Å². The predicted octanol–water partition coefficient (Wildman–Crippen LogP) is 1.86. The first-order chi connectivity index (χ1) is 7.88. The molecule has 0 aromatic heterocycles. The second-order valence-electron chi connectivity index (χ2n) is 5.44. The van der Waals surface area contributed by atoms with Crippen LogP contribution < -0.4 is 0 Å². The van der Waals surface area contributed by atoms with Crippen LogP contribution in [0.15, 0.2) is 0 Å². The van der Waals surface area contributed by atoms with Crippen LogP contribution in [0.5, 0.6) is 0 Å². The van der Waals surface area contributed by atoms with Crippen molar-refractivity contribution in [1.29, 1.82) is 0 Å². The Morgan fingerprint density at radius 3 is 2.35 bits per heavy atom. The summed E-state index contributed by atoms with van der Waals surface area (Å²) in [6.45, 7) is 13.4. The summed E-state index contributed by atoms with van der Waals surface area (Å²) in [4.78, 5) is 18.5. The lowest BCUT2D eigenvalue weighted by atomic mass is 10.1. The Morgan fingerprint density at radius 1 is 1.29 bits per heavy atom. The van der Waals surface area contributed by atoms with E-state index in [1.54, 1.807) is 4.90 Å². The first-order valence-corrected chi connectivity index (χ1v) is 6.65. The van der Waals surface area contributed by atoms with Crippen molar-refractivity contribution in [2.45, 2.75) is 52.7 Å². The minimum atomic E-state index is 0.162. The zero-order chi connectivity index (χ0) is 13.2. The van der Waals surface area contributed by atoms with E-state index in [1.807, 2.05) is 18.9 Å². The summed E-state index contributed by atoms with van der Waals surface area (Å²) in [5.41, 5.74) is 0. The Kier molecular flexibility index (Phi) is 4.80. The number of hydrogen-bond donors (Lipinski definition) is 0. The zero-order valence-electron chi connectivity index (χ0n) is 12.1. The van der Waals surface area contributed by atoms with Gasteiger partial charge in [0.25, 0.3) is 0 Å². The monoisotopic (exact) mass is 241 g/mol. The number of nitrogens with zero attached hydrogens (tertiary/aromatic N) is 3. The fourth-order valence-corrected chi connectivity index (χ4v) is 2.49. The molecule has 1 fully saturated rings. The van der Waals surface area contributed by atoms with Crippen molar-refractivity contribution in [3.05, 3.63) is 0 Å². The molecule has 1 heterocycles. The van der Waals surface area contributed by atoms with Gasteiger partial charge in [-0.3, -0.25) is 4.90 Å². The molecule has 0 aliphatic carbocycles. The molecule has 2 atom stereocenters. The molecule has 0 aromatic carbocycles. The number of carbonyl (C=O) groups excluding carboxylic acids is 1. The van der Waals surface area contributed by atoms with Crippen molar-refractivity contribution in [2.75, 3.05) is 26.7 Å².